The van der Waals surface area contributed by atoms with Crippen molar-refractivity contribution in [3.63, 3.8) is 0 Å². The Bertz CT molecular complexity index is 437. The van der Waals surface area contributed by atoms with Crippen molar-refractivity contribution in [2.75, 3.05) is 0 Å². The Morgan fingerprint density at radius 3 is 2.46 bits per heavy atom. The minimum atomic E-state index is 0.115. The van der Waals surface area contributed by atoms with E-state index >= 15 is 0 Å². The summed E-state index contributed by atoms with van der Waals surface area (Å²) < 4.78 is 0. The summed E-state index contributed by atoms with van der Waals surface area (Å²) in [5.41, 5.74) is 2.24. The molecule has 0 aliphatic rings. The van der Waals surface area contributed by atoms with Crippen LogP contribution in [0, 0.1) is 6.92 Å². The van der Waals surface area contributed by atoms with Crippen molar-refractivity contribution in [2.45, 2.75) is 6.92 Å². The fourth-order valence-electron chi connectivity index (χ4n) is 1.51. The maximum absolute atomic E-state index is 8.95. The summed E-state index contributed by atoms with van der Waals surface area (Å²) in [6, 6.07) is 12.4. The van der Waals surface area contributed by atoms with Crippen LogP contribution < -0.4 is 5.46 Å². The van der Waals surface area contributed by atoms with E-state index in [2.05, 4.69) is 25.1 Å². The van der Waals surface area contributed by atoms with Crippen LogP contribution in [0.1, 0.15) is 5.56 Å². The number of hydrogen-bond acceptors (Lipinski definition) is 1. The van der Waals surface area contributed by atoms with E-state index in [1.54, 1.807) is 0 Å². The standard InChI is InChI=1S/C11H11BO/c1-8-2-3-10-7-11(12-13)5-4-9(10)6-8/h2-7,12-13H,1H3. The first-order chi connectivity index (χ1) is 6.29. The van der Waals surface area contributed by atoms with E-state index in [1.165, 1.54) is 16.3 Å². The molecule has 2 aromatic carbocycles. The summed E-state index contributed by atoms with van der Waals surface area (Å²) >= 11 is 0. The van der Waals surface area contributed by atoms with Crippen LogP contribution in [0.3, 0.4) is 0 Å². The van der Waals surface area contributed by atoms with Crippen molar-refractivity contribution in [1.82, 2.24) is 0 Å². The Morgan fingerprint density at radius 1 is 1.00 bits per heavy atom. The van der Waals surface area contributed by atoms with E-state index in [1.807, 2.05) is 18.2 Å². The molecule has 0 fully saturated rings. The van der Waals surface area contributed by atoms with Gasteiger partial charge in [-0.2, -0.15) is 0 Å². The molecule has 0 unspecified atom stereocenters. The minimum absolute atomic E-state index is 0.115. The third kappa shape index (κ3) is 1.58. The smallest absolute Gasteiger partial charge is 0.304 e. The van der Waals surface area contributed by atoms with Gasteiger partial charge in [0.25, 0.3) is 0 Å². The number of benzene rings is 2. The van der Waals surface area contributed by atoms with Crippen molar-refractivity contribution in [1.29, 1.82) is 0 Å². The first-order valence-corrected chi connectivity index (χ1v) is 4.40. The summed E-state index contributed by atoms with van der Waals surface area (Å²) in [6.45, 7) is 2.08. The molecule has 0 bridgehead atoms. The van der Waals surface area contributed by atoms with Gasteiger partial charge in [0.05, 0.1) is 0 Å². The molecule has 0 atom stereocenters. The largest absolute Gasteiger partial charge is 0.449 e. The third-order valence-corrected chi connectivity index (χ3v) is 2.24. The Balaban J connectivity index is 2.66. The van der Waals surface area contributed by atoms with Gasteiger partial charge in [0, 0.05) is 0 Å². The molecule has 1 N–H and O–H groups in total. The number of fused-ring (bicyclic) bond motifs is 1. The van der Waals surface area contributed by atoms with Gasteiger partial charge in [-0.3, -0.25) is 0 Å². The number of rotatable bonds is 1. The second-order valence-electron chi connectivity index (χ2n) is 3.34. The summed E-state index contributed by atoms with van der Waals surface area (Å²) in [5.74, 6) is 0. The van der Waals surface area contributed by atoms with Crippen LogP contribution in [-0.2, 0) is 0 Å². The van der Waals surface area contributed by atoms with Gasteiger partial charge < -0.3 is 5.02 Å². The van der Waals surface area contributed by atoms with E-state index in [9.17, 15) is 0 Å². The van der Waals surface area contributed by atoms with Gasteiger partial charge in [0.2, 0.25) is 0 Å². The maximum Gasteiger partial charge on any atom is 0.304 e. The van der Waals surface area contributed by atoms with E-state index < -0.39 is 0 Å². The van der Waals surface area contributed by atoms with Gasteiger partial charge >= 0.3 is 7.48 Å². The van der Waals surface area contributed by atoms with Crippen LogP contribution in [0.25, 0.3) is 10.8 Å². The minimum Gasteiger partial charge on any atom is -0.449 e. The average Bonchev–Trinajstić information content (AvgIpc) is 2.17. The summed E-state index contributed by atoms with van der Waals surface area (Å²) in [6.07, 6.45) is 0. The van der Waals surface area contributed by atoms with Gasteiger partial charge in [0.15, 0.2) is 0 Å². The highest BCUT2D eigenvalue weighted by Crippen LogP contribution is 2.13. The molecule has 2 heteroatoms. The first-order valence-electron chi connectivity index (χ1n) is 4.40. The quantitative estimate of drug-likeness (QED) is 0.635. The molecule has 0 heterocycles. The van der Waals surface area contributed by atoms with Crippen LogP contribution in [0.15, 0.2) is 36.4 Å². The maximum atomic E-state index is 8.95. The van der Waals surface area contributed by atoms with Gasteiger partial charge in [-0.15, -0.1) is 0 Å². The molecule has 64 valence electrons. The Morgan fingerprint density at radius 2 is 1.69 bits per heavy atom. The third-order valence-electron chi connectivity index (χ3n) is 2.24. The van der Waals surface area contributed by atoms with Gasteiger partial charge in [0.1, 0.15) is 0 Å². The van der Waals surface area contributed by atoms with Crippen LogP contribution in [-0.4, -0.2) is 12.5 Å². The lowest BCUT2D eigenvalue weighted by atomic mass is 9.87. The zero-order valence-corrected chi connectivity index (χ0v) is 7.62. The number of hydrogen-bond donors (Lipinski definition) is 1. The van der Waals surface area contributed by atoms with E-state index in [0.29, 0.717) is 0 Å². The van der Waals surface area contributed by atoms with E-state index in [0.717, 1.165) is 5.46 Å². The van der Waals surface area contributed by atoms with Gasteiger partial charge in [-0.1, -0.05) is 47.4 Å². The molecule has 0 radical (unpaired) electrons. The second kappa shape index (κ2) is 3.23. The van der Waals surface area contributed by atoms with Crippen LogP contribution >= 0.6 is 0 Å². The van der Waals surface area contributed by atoms with Crippen molar-refractivity contribution in [3.8, 4) is 0 Å². The molecule has 1 nitrogen and oxygen atoms in total. The van der Waals surface area contributed by atoms with Crippen molar-refractivity contribution in [2.24, 2.45) is 0 Å². The fourth-order valence-corrected chi connectivity index (χ4v) is 1.51. The normalized spacial score (nSPS) is 10.3. The van der Waals surface area contributed by atoms with Gasteiger partial charge in [-0.25, -0.2) is 0 Å². The SMILES string of the molecule is Cc1ccc2cc(BO)ccc2c1. The molecular weight excluding hydrogens is 159 g/mol. The highest BCUT2D eigenvalue weighted by atomic mass is 16.2. The fraction of sp³-hybridized carbons (Fsp3) is 0.0909. The molecule has 0 saturated heterocycles. The lowest BCUT2D eigenvalue weighted by molar-refractivity contribution is 0.615. The van der Waals surface area contributed by atoms with E-state index in [4.69, 9.17) is 5.02 Å². The lowest BCUT2D eigenvalue weighted by Gasteiger charge is -2.00. The molecule has 2 aromatic rings. The monoisotopic (exact) mass is 170 g/mol. The zero-order valence-electron chi connectivity index (χ0n) is 7.62. The molecule has 0 aliphatic heterocycles. The second-order valence-corrected chi connectivity index (χ2v) is 3.34. The highest BCUT2D eigenvalue weighted by molar-refractivity contribution is 6.46. The lowest BCUT2D eigenvalue weighted by Crippen LogP contribution is -2.12. The molecule has 2 rings (SSSR count). The average molecular weight is 170 g/mol. The summed E-state index contributed by atoms with van der Waals surface area (Å²) in [7, 11) is 0.115. The number of aryl methyl sites for hydroxylation is 1. The van der Waals surface area contributed by atoms with Crippen LogP contribution in [0.2, 0.25) is 0 Å². The molecule has 0 saturated carbocycles. The Labute approximate surface area is 78.3 Å². The Hall–Kier alpha value is -1.28. The zero-order chi connectivity index (χ0) is 9.26. The van der Waals surface area contributed by atoms with Crippen molar-refractivity contribution < 1.29 is 5.02 Å². The molecule has 0 aliphatic carbocycles. The summed E-state index contributed by atoms with van der Waals surface area (Å²) in [5, 5.41) is 11.4. The molecule has 13 heavy (non-hydrogen) atoms. The first kappa shape index (κ1) is 8.33. The molecule has 0 spiro atoms. The van der Waals surface area contributed by atoms with Crippen LogP contribution in [0.5, 0.6) is 0 Å². The van der Waals surface area contributed by atoms with Crippen molar-refractivity contribution in [3.05, 3.63) is 42.0 Å². The van der Waals surface area contributed by atoms with Crippen LogP contribution in [0.4, 0.5) is 0 Å². The predicted octanol–water partition coefficient (Wildman–Crippen LogP) is 1.12. The predicted molar refractivity (Wildman–Crippen MR) is 57.7 cm³/mol. The summed E-state index contributed by atoms with van der Waals surface area (Å²) in [4.78, 5) is 0. The topological polar surface area (TPSA) is 20.2 Å². The van der Waals surface area contributed by atoms with E-state index in [-0.39, 0.29) is 7.48 Å². The highest BCUT2D eigenvalue weighted by Gasteiger charge is 1.96. The van der Waals surface area contributed by atoms with Gasteiger partial charge in [-0.05, 0) is 17.7 Å². The molecule has 0 aromatic heterocycles. The molecule has 0 amide bonds. The Kier molecular flexibility index (Phi) is 2.07. The molecular formula is C11H11BO. The van der Waals surface area contributed by atoms with Crippen molar-refractivity contribution >= 4 is 23.7 Å².